The normalized spacial score (nSPS) is 33.7. The van der Waals surface area contributed by atoms with Crippen LogP contribution >= 0.6 is 0 Å². The highest BCUT2D eigenvalue weighted by molar-refractivity contribution is 4.90. The third kappa shape index (κ3) is 3.96. The number of hydrogen-bond donors (Lipinski definition) is 1. The van der Waals surface area contributed by atoms with E-state index in [1.165, 1.54) is 64.5 Å². The molecule has 100 valence electrons. The quantitative estimate of drug-likeness (QED) is 0.792. The topological polar surface area (TPSA) is 15.3 Å². The van der Waals surface area contributed by atoms with Gasteiger partial charge in [-0.2, -0.15) is 0 Å². The van der Waals surface area contributed by atoms with Crippen LogP contribution in [0.5, 0.6) is 0 Å². The van der Waals surface area contributed by atoms with Crippen LogP contribution in [-0.2, 0) is 0 Å². The molecule has 2 rings (SSSR count). The summed E-state index contributed by atoms with van der Waals surface area (Å²) in [6.45, 7) is 4.80. The Morgan fingerprint density at radius 1 is 1.12 bits per heavy atom. The minimum absolute atomic E-state index is 0.760. The monoisotopic (exact) mass is 238 g/mol. The van der Waals surface area contributed by atoms with E-state index in [0.717, 1.165) is 18.0 Å². The van der Waals surface area contributed by atoms with Crippen molar-refractivity contribution in [1.29, 1.82) is 0 Å². The summed E-state index contributed by atoms with van der Waals surface area (Å²) in [5.74, 6) is 1.00. The SMILES string of the molecule is CCCCN(C)CC1CCC2CCCCC2N1. The van der Waals surface area contributed by atoms with Gasteiger partial charge >= 0.3 is 0 Å². The second-order valence-electron chi connectivity index (χ2n) is 6.21. The van der Waals surface area contributed by atoms with Gasteiger partial charge in [0.25, 0.3) is 0 Å². The van der Waals surface area contributed by atoms with Crippen molar-refractivity contribution in [1.82, 2.24) is 10.2 Å². The van der Waals surface area contributed by atoms with Gasteiger partial charge in [-0.1, -0.05) is 26.2 Å². The Labute approximate surface area is 107 Å². The molecule has 3 unspecified atom stereocenters. The fourth-order valence-corrected chi connectivity index (χ4v) is 3.61. The summed E-state index contributed by atoms with van der Waals surface area (Å²) in [6, 6.07) is 1.61. The second kappa shape index (κ2) is 6.75. The summed E-state index contributed by atoms with van der Waals surface area (Å²) >= 11 is 0. The molecule has 1 saturated heterocycles. The molecule has 1 saturated carbocycles. The Balaban J connectivity index is 1.71. The molecule has 2 fully saturated rings. The molecular weight excluding hydrogens is 208 g/mol. The van der Waals surface area contributed by atoms with E-state index in [4.69, 9.17) is 0 Å². The lowest BCUT2D eigenvalue weighted by molar-refractivity contribution is 0.152. The molecule has 0 bridgehead atoms. The van der Waals surface area contributed by atoms with Crippen LogP contribution in [-0.4, -0.2) is 37.1 Å². The average molecular weight is 238 g/mol. The predicted molar refractivity (Wildman–Crippen MR) is 74.3 cm³/mol. The Kier molecular flexibility index (Phi) is 5.30. The molecule has 2 heteroatoms. The molecule has 3 atom stereocenters. The molecule has 2 nitrogen and oxygen atoms in total. The van der Waals surface area contributed by atoms with Crippen molar-refractivity contribution in [2.24, 2.45) is 5.92 Å². The molecule has 1 aliphatic carbocycles. The molecule has 1 heterocycles. The molecule has 2 aliphatic rings. The van der Waals surface area contributed by atoms with Crippen LogP contribution in [0.15, 0.2) is 0 Å². The van der Waals surface area contributed by atoms with Gasteiger partial charge in [0.05, 0.1) is 0 Å². The lowest BCUT2D eigenvalue weighted by atomic mass is 9.78. The highest BCUT2D eigenvalue weighted by atomic mass is 15.1. The first-order valence-corrected chi connectivity index (χ1v) is 7.74. The maximum Gasteiger partial charge on any atom is 0.0197 e. The van der Waals surface area contributed by atoms with Crippen LogP contribution < -0.4 is 5.32 Å². The van der Waals surface area contributed by atoms with Crippen molar-refractivity contribution in [2.45, 2.75) is 70.4 Å². The summed E-state index contributed by atoms with van der Waals surface area (Å²) in [7, 11) is 2.28. The van der Waals surface area contributed by atoms with Gasteiger partial charge in [-0.25, -0.2) is 0 Å². The zero-order valence-electron chi connectivity index (χ0n) is 11.8. The summed E-state index contributed by atoms with van der Waals surface area (Å²) < 4.78 is 0. The maximum atomic E-state index is 3.92. The van der Waals surface area contributed by atoms with Crippen molar-refractivity contribution < 1.29 is 0 Å². The van der Waals surface area contributed by atoms with Gasteiger partial charge in [0.2, 0.25) is 0 Å². The van der Waals surface area contributed by atoms with Crippen molar-refractivity contribution in [3.05, 3.63) is 0 Å². The van der Waals surface area contributed by atoms with Gasteiger partial charge in [0.15, 0.2) is 0 Å². The zero-order valence-corrected chi connectivity index (χ0v) is 11.8. The first-order valence-electron chi connectivity index (χ1n) is 7.74. The molecular formula is C15H30N2. The van der Waals surface area contributed by atoms with E-state index in [9.17, 15) is 0 Å². The Morgan fingerprint density at radius 2 is 1.94 bits per heavy atom. The molecule has 0 spiro atoms. The first-order chi connectivity index (χ1) is 8.29. The molecule has 1 aliphatic heterocycles. The lowest BCUT2D eigenvalue weighted by Gasteiger charge is -2.41. The minimum Gasteiger partial charge on any atom is -0.310 e. The van der Waals surface area contributed by atoms with Gasteiger partial charge in [-0.15, -0.1) is 0 Å². The third-order valence-electron chi connectivity index (χ3n) is 4.67. The number of nitrogens with one attached hydrogen (secondary N) is 1. The highest BCUT2D eigenvalue weighted by Gasteiger charge is 2.31. The van der Waals surface area contributed by atoms with Gasteiger partial charge in [-0.3, -0.25) is 0 Å². The Hall–Kier alpha value is -0.0800. The summed E-state index contributed by atoms with van der Waals surface area (Å²) in [4.78, 5) is 2.52. The smallest absolute Gasteiger partial charge is 0.0197 e. The van der Waals surface area contributed by atoms with Crippen LogP contribution in [0.4, 0.5) is 0 Å². The fourth-order valence-electron chi connectivity index (χ4n) is 3.61. The molecule has 1 N–H and O–H groups in total. The number of unbranched alkanes of at least 4 members (excludes halogenated alkanes) is 1. The Morgan fingerprint density at radius 3 is 2.76 bits per heavy atom. The third-order valence-corrected chi connectivity index (χ3v) is 4.67. The minimum atomic E-state index is 0.760. The lowest BCUT2D eigenvalue weighted by Crippen LogP contribution is -2.52. The molecule has 0 aromatic rings. The van der Waals surface area contributed by atoms with Gasteiger partial charge in [0, 0.05) is 18.6 Å². The van der Waals surface area contributed by atoms with Gasteiger partial charge in [0.1, 0.15) is 0 Å². The van der Waals surface area contributed by atoms with Crippen LogP contribution in [0.1, 0.15) is 58.3 Å². The Bertz CT molecular complexity index is 217. The van der Waals surface area contributed by atoms with E-state index < -0.39 is 0 Å². The summed E-state index contributed by atoms with van der Waals surface area (Å²) in [5.41, 5.74) is 0. The fraction of sp³-hybridized carbons (Fsp3) is 1.00. The number of piperidine rings is 1. The van der Waals surface area contributed by atoms with Crippen LogP contribution in [0.25, 0.3) is 0 Å². The largest absolute Gasteiger partial charge is 0.310 e. The van der Waals surface area contributed by atoms with E-state index in [1.54, 1.807) is 0 Å². The van der Waals surface area contributed by atoms with Gasteiger partial charge in [-0.05, 0) is 51.6 Å². The van der Waals surface area contributed by atoms with E-state index in [1.807, 2.05) is 0 Å². The van der Waals surface area contributed by atoms with E-state index in [0.29, 0.717) is 0 Å². The second-order valence-corrected chi connectivity index (χ2v) is 6.21. The predicted octanol–water partition coefficient (Wildman–Crippen LogP) is 3.03. The molecule has 17 heavy (non-hydrogen) atoms. The average Bonchev–Trinajstić information content (AvgIpc) is 2.36. The van der Waals surface area contributed by atoms with Crippen LogP contribution in [0.3, 0.4) is 0 Å². The number of rotatable bonds is 5. The van der Waals surface area contributed by atoms with Crippen molar-refractivity contribution in [3.63, 3.8) is 0 Å². The molecule has 0 amide bonds. The number of hydrogen-bond acceptors (Lipinski definition) is 2. The first kappa shape index (κ1) is 13.4. The van der Waals surface area contributed by atoms with Crippen LogP contribution in [0, 0.1) is 5.92 Å². The van der Waals surface area contributed by atoms with Crippen molar-refractivity contribution in [3.8, 4) is 0 Å². The molecule has 0 aromatic heterocycles. The van der Waals surface area contributed by atoms with E-state index in [-0.39, 0.29) is 0 Å². The van der Waals surface area contributed by atoms with E-state index >= 15 is 0 Å². The number of likely N-dealkylation sites (N-methyl/N-ethyl adjacent to an activating group) is 1. The maximum absolute atomic E-state index is 3.92. The molecule has 0 aromatic carbocycles. The number of nitrogens with zero attached hydrogens (tertiary/aromatic N) is 1. The summed E-state index contributed by atoms with van der Waals surface area (Å²) in [6.07, 6.45) is 11.4. The molecule has 0 radical (unpaired) electrons. The van der Waals surface area contributed by atoms with Crippen molar-refractivity contribution in [2.75, 3.05) is 20.1 Å². The van der Waals surface area contributed by atoms with Gasteiger partial charge < -0.3 is 10.2 Å². The number of fused-ring (bicyclic) bond motifs is 1. The standard InChI is InChI=1S/C15H30N2/c1-3-4-11-17(2)12-14-10-9-13-7-5-6-8-15(13)16-14/h13-16H,3-12H2,1-2H3. The van der Waals surface area contributed by atoms with E-state index in [2.05, 4.69) is 24.2 Å². The zero-order chi connectivity index (χ0) is 12.1. The van der Waals surface area contributed by atoms with Crippen molar-refractivity contribution >= 4 is 0 Å². The summed E-state index contributed by atoms with van der Waals surface area (Å²) in [5, 5.41) is 3.92. The highest BCUT2D eigenvalue weighted by Crippen LogP contribution is 2.32. The van der Waals surface area contributed by atoms with Crippen LogP contribution in [0.2, 0.25) is 0 Å².